The summed E-state index contributed by atoms with van der Waals surface area (Å²) in [5, 5.41) is 0. The number of aromatic nitrogens is 1. The Morgan fingerprint density at radius 1 is 1.26 bits per heavy atom. The first kappa shape index (κ1) is 11.8. The highest BCUT2D eigenvalue weighted by molar-refractivity contribution is 5.57. The Labute approximate surface area is 112 Å². The molecule has 0 fully saturated rings. The standard InChI is InChI=1S/C15H17N3O/c1-2-19-14-4-3-7-17-15(14)18-9-11-5-6-13(16)8-12(11)10-18/h3-8H,2,9-10,16H2,1H3. The van der Waals surface area contributed by atoms with Gasteiger partial charge >= 0.3 is 0 Å². The average molecular weight is 255 g/mol. The molecule has 0 amide bonds. The van der Waals surface area contributed by atoms with Crippen LogP contribution in [0.4, 0.5) is 11.5 Å². The summed E-state index contributed by atoms with van der Waals surface area (Å²) in [6.07, 6.45) is 1.80. The number of benzene rings is 1. The third-order valence-electron chi connectivity index (χ3n) is 3.30. The molecule has 4 heteroatoms. The Kier molecular flexibility index (Phi) is 2.99. The van der Waals surface area contributed by atoms with Gasteiger partial charge in [0, 0.05) is 25.0 Å². The maximum atomic E-state index is 5.83. The number of nitrogens with zero attached hydrogens (tertiary/aromatic N) is 2. The molecule has 0 spiro atoms. The van der Waals surface area contributed by atoms with Crippen molar-refractivity contribution >= 4 is 11.5 Å². The van der Waals surface area contributed by atoms with Crippen LogP contribution in [0.3, 0.4) is 0 Å². The Hall–Kier alpha value is -2.23. The molecule has 0 saturated heterocycles. The second kappa shape index (κ2) is 4.80. The van der Waals surface area contributed by atoms with Gasteiger partial charge in [-0.15, -0.1) is 0 Å². The van der Waals surface area contributed by atoms with Gasteiger partial charge in [0.05, 0.1) is 6.61 Å². The van der Waals surface area contributed by atoms with Gasteiger partial charge in [-0.2, -0.15) is 0 Å². The molecule has 1 aliphatic rings. The molecule has 4 nitrogen and oxygen atoms in total. The number of anilines is 2. The number of pyridine rings is 1. The van der Waals surface area contributed by atoms with E-state index in [-0.39, 0.29) is 0 Å². The molecule has 2 N–H and O–H groups in total. The molecule has 1 aromatic heterocycles. The molecule has 1 aliphatic heterocycles. The van der Waals surface area contributed by atoms with Gasteiger partial charge in [-0.1, -0.05) is 6.07 Å². The molecule has 0 aliphatic carbocycles. The second-order valence-corrected chi connectivity index (χ2v) is 4.64. The third kappa shape index (κ3) is 2.21. The molecule has 0 bridgehead atoms. The van der Waals surface area contributed by atoms with Crippen LogP contribution in [0.2, 0.25) is 0 Å². The average Bonchev–Trinajstić information content (AvgIpc) is 2.82. The van der Waals surface area contributed by atoms with Crippen LogP contribution in [0.5, 0.6) is 5.75 Å². The van der Waals surface area contributed by atoms with Crippen molar-refractivity contribution in [1.82, 2.24) is 4.98 Å². The van der Waals surface area contributed by atoms with Crippen molar-refractivity contribution in [2.24, 2.45) is 0 Å². The lowest BCUT2D eigenvalue weighted by Crippen LogP contribution is -2.17. The third-order valence-corrected chi connectivity index (χ3v) is 3.30. The van der Waals surface area contributed by atoms with Gasteiger partial charge in [0.1, 0.15) is 0 Å². The molecule has 1 aromatic carbocycles. The van der Waals surface area contributed by atoms with Crippen molar-refractivity contribution in [3.05, 3.63) is 47.7 Å². The maximum Gasteiger partial charge on any atom is 0.171 e. The normalized spacial score (nSPS) is 13.4. The van der Waals surface area contributed by atoms with Gasteiger partial charge < -0.3 is 15.4 Å². The molecule has 19 heavy (non-hydrogen) atoms. The van der Waals surface area contributed by atoms with Crippen LogP contribution in [0, 0.1) is 0 Å². The summed E-state index contributed by atoms with van der Waals surface area (Å²) in [6.45, 7) is 4.31. The minimum Gasteiger partial charge on any atom is -0.490 e. The first-order chi connectivity index (χ1) is 9.28. The predicted octanol–water partition coefficient (Wildman–Crippen LogP) is 2.58. The van der Waals surface area contributed by atoms with E-state index in [1.807, 2.05) is 31.2 Å². The quantitative estimate of drug-likeness (QED) is 0.856. The smallest absolute Gasteiger partial charge is 0.171 e. The number of hydrogen-bond donors (Lipinski definition) is 1. The monoisotopic (exact) mass is 255 g/mol. The number of nitrogen functional groups attached to an aromatic ring is 1. The summed E-state index contributed by atoms with van der Waals surface area (Å²) in [4.78, 5) is 6.67. The zero-order chi connectivity index (χ0) is 13.2. The van der Waals surface area contributed by atoms with E-state index < -0.39 is 0 Å². The van der Waals surface area contributed by atoms with Crippen LogP contribution >= 0.6 is 0 Å². The molecule has 3 rings (SSSR count). The van der Waals surface area contributed by atoms with Gasteiger partial charge in [0.2, 0.25) is 0 Å². The van der Waals surface area contributed by atoms with E-state index in [0.717, 1.165) is 30.3 Å². The molecule has 98 valence electrons. The molecule has 2 aromatic rings. The number of fused-ring (bicyclic) bond motifs is 1. The van der Waals surface area contributed by atoms with Gasteiger partial charge in [0.25, 0.3) is 0 Å². The maximum absolute atomic E-state index is 5.83. The highest BCUT2D eigenvalue weighted by Crippen LogP contribution is 2.33. The SMILES string of the molecule is CCOc1cccnc1N1Cc2ccc(N)cc2C1. The second-order valence-electron chi connectivity index (χ2n) is 4.64. The lowest BCUT2D eigenvalue weighted by Gasteiger charge is -2.19. The van der Waals surface area contributed by atoms with Gasteiger partial charge in [-0.05, 0) is 42.3 Å². The van der Waals surface area contributed by atoms with Gasteiger partial charge in [0.15, 0.2) is 11.6 Å². The van der Waals surface area contributed by atoms with Crippen LogP contribution in [0.25, 0.3) is 0 Å². The fourth-order valence-corrected chi connectivity index (χ4v) is 2.45. The van der Waals surface area contributed by atoms with Gasteiger partial charge in [-0.3, -0.25) is 0 Å². The van der Waals surface area contributed by atoms with Crippen molar-refractivity contribution in [2.75, 3.05) is 17.2 Å². The van der Waals surface area contributed by atoms with Crippen molar-refractivity contribution in [3.63, 3.8) is 0 Å². The zero-order valence-corrected chi connectivity index (χ0v) is 11.0. The van der Waals surface area contributed by atoms with Crippen LogP contribution < -0.4 is 15.4 Å². The zero-order valence-electron chi connectivity index (χ0n) is 11.0. The fourth-order valence-electron chi connectivity index (χ4n) is 2.45. The van der Waals surface area contributed by atoms with Crippen molar-refractivity contribution in [3.8, 4) is 5.75 Å². The molecule has 0 saturated carbocycles. The van der Waals surface area contributed by atoms with Crippen molar-refractivity contribution in [1.29, 1.82) is 0 Å². The Bertz CT molecular complexity index is 598. The van der Waals surface area contributed by atoms with E-state index >= 15 is 0 Å². The molecular weight excluding hydrogens is 238 g/mol. The first-order valence-electron chi connectivity index (χ1n) is 6.48. The highest BCUT2D eigenvalue weighted by Gasteiger charge is 2.22. The van der Waals surface area contributed by atoms with Crippen molar-refractivity contribution < 1.29 is 4.74 Å². The van der Waals surface area contributed by atoms with E-state index in [2.05, 4.69) is 16.0 Å². The summed E-state index contributed by atoms with van der Waals surface area (Å²) < 4.78 is 5.64. The summed E-state index contributed by atoms with van der Waals surface area (Å²) >= 11 is 0. The van der Waals surface area contributed by atoms with Crippen LogP contribution in [0.15, 0.2) is 36.5 Å². The largest absolute Gasteiger partial charge is 0.490 e. The van der Waals surface area contributed by atoms with Crippen molar-refractivity contribution in [2.45, 2.75) is 20.0 Å². The summed E-state index contributed by atoms with van der Waals surface area (Å²) in [5.74, 6) is 1.74. The molecule has 0 atom stereocenters. The predicted molar refractivity (Wildman–Crippen MR) is 76.1 cm³/mol. The summed E-state index contributed by atoms with van der Waals surface area (Å²) in [6, 6.07) is 9.94. The summed E-state index contributed by atoms with van der Waals surface area (Å²) in [7, 11) is 0. The van der Waals surface area contributed by atoms with E-state index in [4.69, 9.17) is 10.5 Å². The van der Waals surface area contributed by atoms with E-state index in [1.165, 1.54) is 11.1 Å². The highest BCUT2D eigenvalue weighted by atomic mass is 16.5. The van der Waals surface area contributed by atoms with Crippen LogP contribution in [-0.4, -0.2) is 11.6 Å². The van der Waals surface area contributed by atoms with Crippen LogP contribution in [0.1, 0.15) is 18.1 Å². The van der Waals surface area contributed by atoms with E-state index in [0.29, 0.717) is 6.61 Å². The Balaban J connectivity index is 1.90. The summed E-state index contributed by atoms with van der Waals surface area (Å²) in [5.41, 5.74) is 9.22. The van der Waals surface area contributed by atoms with Crippen LogP contribution in [-0.2, 0) is 13.1 Å². The Morgan fingerprint density at radius 2 is 2.11 bits per heavy atom. The lowest BCUT2D eigenvalue weighted by atomic mass is 10.1. The fraction of sp³-hybridized carbons (Fsp3) is 0.267. The number of nitrogens with two attached hydrogens (primary N) is 1. The number of ether oxygens (including phenoxy) is 1. The van der Waals surface area contributed by atoms with E-state index in [9.17, 15) is 0 Å². The van der Waals surface area contributed by atoms with Gasteiger partial charge in [-0.25, -0.2) is 4.98 Å². The van der Waals surface area contributed by atoms with E-state index in [1.54, 1.807) is 6.20 Å². The Morgan fingerprint density at radius 3 is 2.95 bits per heavy atom. The topological polar surface area (TPSA) is 51.4 Å². The number of rotatable bonds is 3. The lowest BCUT2D eigenvalue weighted by molar-refractivity contribution is 0.339. The molecule has 0 radical (unpaired) electrons. The molecular formula is C15H17N3O. The molecule has 0 unspecified atom stereocenters. The minimum absolute atomic E-state index is 0.645. The number of hydrogen-bond acceptors (Lipinski definition) is 4. The first-order valence-corrected chi connectivity index (χ1v) is 6.48. The molecule has 2 heterocycles. The minimum atomic E-state index is 0.645.